The maximum Gasteiger partial charge on any atom is 0.213 e. The molecule has 0 amide bonds. The summed E-state index contributed by atoms with van der Waals surface area (Å²) in [7, 11) is 0. The molecule has 4 aromatic rings. The Morgan fingerprint density at radius 2 is 1.28 bits per heavy atom. The predicted molar refractivity (Wildman–Crippen MR) is 153 cm³/mol. The van der Waals surface area contributed by atoms with Crippen molar-refractivity contribution in [3.8, 4) is 33.5 Å². The topological polar surface area (TPSA) is 3.88 Å². The fourth-order valence-corrected chi connectivity index (χ4v) is 6.45. The van der Waals surface area contributed by atoms with Crippen LogP contribution in [0.3, 0.4) is 0 Å². The second-order valence-electron chi connectivity index (χ2n) is 11.4. The Morgan fingerprint density at radius 1 is 0.694 bits per heavy atom. The van der Waals surface area contributed by atoms with Crippen LogP contribution in [0.1, 0.15) is 77.8 Å². The molecule has 0 radical (unpaired) electrons. The minimum atomic E-state index is 0.114. The van der Waals surface area contributed by atoms with Gasteiger partial charge in [-0.2, -0.15) is 4.57 Å². The van der Waals surface area contributed by atoms with Gasteiger partial charge in [-0.25, -0.2) is 0 Å². The molecule has 0 spiro atoms. The first-order chi connectivity index (χ1) is 17.3. The van der Waals surface area contributed by atoms with Crippen molar-refractivity contribution in [3.63, 3.8) is 0 Å². The molecule has 1 atom stereocenters. The molecular weight excluding hydrogens is 434 g/mol. The third-order valence-corrected chi connectivity index (χ3v) is 8.61. The Labute approximate surface area is 217 Å². The Kier molecular flexibility index (Phi) is 6.37. The fourth-order valence-electron chi connectivity index (χ4n) is 6.45. The van der Waals surface area contributed by atoms with Crippen LogP contribution in [0, 0.1) is 0 Å². The lowest BCUT2D eigenvalue weighted by Crippen LogP contribution is -2.62. The summed E-state index contributed by atoms with van der Waals surface area (Å²) in [6, 6.07) is 31.7. The predicted octanol–water partition coefficient (Wildman–Crippen LogP) is 9.30. The zero-order valence-corrected chi connectivity index (χ0v) is 22.8. The Bertz CT molecular complexity index is 1350. The molecule has 0 saturated heterocycles. The quantitative estimate of drug-likeness (QED) is 0.254. The van der Waals surface area contributed by atoms with Crippen molar-refractivity contribution < 1.29 is 4.57 Å². The lowest BCUT2D eigenvalue weighted by Gasteiger charge is -2.40. The van der Waals surface area contributed by atoms with Crippen molar-refractivity contribution in [2.75, 3.05) is 0 Å². The molecular formula is C35H40N+. The molecule has 0 fully saturated rings. The molecule has 1 aliphatic rings. The van der Waals surface area contributed by atoms with Crippen LogP contribution in [0.4, 0.5) is 0 Å². The second-order valence-corrected chi connectivity index (χ2v) is 11.4. The molecule has 0 saturated carbocycles. The molecule has 1 heteroatoms. The molecule has 2 heterocycles. The maximum absolute atomic E-state index is 2.63. The summed E-state index contributed by atoms with van der Waals surface area (Å²) in [5.41, 5.74) is 11.0. The summed E-state index contributed by atoms with van der Waals surface area (Å²) >= 11 is 0. The number of rotatable bonds is 5. The van der Waals surface area contributed by atoms with Crippen LogP contribution in [0.2, 0.25) is 0 Å². The zero-order valence-electron chi connectivity index (χ0n) is 22.8. The van der Waals surface area contributed by atoms with Crippen LogP contribution in [-0.4, -0.2) is 0 Å². The van der Waals surface area contributed by atoms with E-state index in [1.807, 2.05) is 0 Å². The summed E-state index contributed by atoms with van der Waals surface area (Å²) < 4.78 is 2.63. The van der Waals surface area contributed by atoms with Crippen LogP contribution in [0.15, 0.2) is 91.1 Å². The largest absolute Gasteiger partial charge is 0.213 e. The molecule has 36 heavy (non-hydrogen) atoms. The average molecular weight is 475 g/mol. The van der Waals surface area contributed by atoms with Gasteiger partial charge in [0.15, 0.2) is 11.7 Å². The number of nitrogens with zero attached hydrogens (tertiary/aromatic N) is 1. The van der Waals surface area contributed by atoms with Crippen LogP contribution in [0.5, 0.6) is 0 Å². The van der Waals surface area contributed by atoms with Crippen LogP contribution < -0.4 is 4.57 Å². The first kappa shape index (κ1) is 24.5. The summed E-state index contributed by atoms with van der Waals surface area (Å²) in [6.07, 6.45) is 5.80. The summed E-state index contributed by atoms with van der Waals surface area (Å²) in [6.45, 7) is 14.0. The van der Waals surface area contributed by atoms with E-state index < -0.39 is 0 Å². The molecule has 1 aromatic heterocycles. The number of benzene rings is 3. The number of hydrogen-bond acceptors (Lipinski definition) is 0. The SMILES string of the molecule is CCC1c2ccc(-c3ccc(-c4ccccc4)cc3)cc2-c2cc(C(C)(C)C)cc[n+]2C1(CC)CC. The van der Waals surface area contributed by atoms with Crippen LogP contribution >= 0.6 is 0 Å². The molecule has 184 valence electrons. The first-order valence-electron chi connectivity index (χ1n) is 13.7. The van der Waals surface area contributed by atoms with Gasteiger partial charge in [0, 0.05) is 30.9 Å². The van der Waals surface area contributed by atoms with E-state index in [4.69, 9.17) is 0 Å². The van der Waals surface area contributed by atoms with Crippen molar-refractivity contribution in [1.82, 2.24) is 0 Å². The lowest BCUT2D eigenvalue weighted by atomic mass is 9.68. The van der Waals surface area contributed by atoms with E-state index in [2.05, 4.69) is 137 Å². The third kappa shape index (κ3) is 3.99. The number of pyridine rings is 1. The monoisotopic (exact) mass is 474 g/mol. The smallest absolute Gasteiger partial charge is 0.192 e. The van der Waals surface area contributed by atoms with Gasteiger partial charge in [0.1, 0.15) is 0 Å². The number of fused-ring (bicyclic) bond motifs is 3. The summed E-state index contributed by atoms with van der Waals surface area (Å²) in [5.74, 6) is 0.509. The molecule has 5 rings (SSSR count). The fraction of sp³-hybridized carbons (Fsp3) is 0.343. The van der Waals surface area contributed by atoms with E-state index in [1.54, 1.807) is 0 Å². The van der Waals surface area contributed by atoms with Crippen LogP contribution in [0.25, 0.3) is 33.5 Å². The average Bonchev–Trinajstić information content (AvgIpc) is 2.91. The maximum atomic E-state index is 2.63. The van der Waals surface area contributed by atoms with Gasteiger partial charge in [-0.3, -0.25) is 0 Å². The van der Waals surface area contributed by atoms with Gasteiger partial charge < -0.3 is 0 Å². The van der Waals surface area contributed by atoms with Crippen molar-refractivity contribution in [1.29, 1.82) is 0 Å². The van der Waals surface area contributed by atoms with E-state index in [-0.39, 0.29) is 11.0 Å². The van der Waals surface area contributed by atoms with Gasteiger partial charge in [-0.15, -0.1) is 0 Å². The van der Waals surface area contributed by atoms with E-state index in [9.17, 15) is 0 Å². The number of hydrogen-bond donors (Lipinski definition) is 0. The van der Waals surface area contributed by atoms with Crippen LogP contribution in [-0.2, 0) is 11.0 Å². The Morgan fingerprint density at radius 3 is 1.86 bits per heavy atom. The van der Waals surface area contributed by atoms with Gasteiger partial charge in [0.25, 0.3) is 0 Å². The summed E-state index contributed by atoms with van der Waals surface area (Å²) in [5, 5.41) is 0. The van der Waals surface area contributed by atoms with Gasteiger partial charge >= 0.3 is 0 Å². The normalized spacial score (nSPS) is 16.3. The highest BCUT2D eigenvalue weighted by atomic mass is 15.1. The molecule has 3 aromatic carbocycles. The highest BCUT2D eigenvalue weighted by molar-refractivity contribution is 5.76. The Hall–Kier alpha value is -3.19. The minimum absolute atomic E-state index is 0.114. The van der Waals surface area contributed by atoms with Gasteiger partial charge in [0.05, 0.1) is 5.56 Å². The van der Waals surface area contributed by atoms with E-state index in [0.29, 0.717) is 5.92 Å². The first-order valence-corrected chi connectivity index (χ1v) is 13.7. The number of aromatic nitrogens is 1. The lowest BCUT2D eigenvalue weighted by molar-refractivity contribution is -0.762. The molecule has 0 bridgehead atoms. The molecule has 0 aliphatic carbocycles. The van der Waals surface area contributed by atoms with Crippen molar-refractivity contribution in [2.24, 2.45) is 0 Å². The highest BCUT2D eigenvalue weighted by Crippen LogP contribution is 2.48. The molecule has 1 nitrogen and oxygen atoms in total. The van der Waals surface area contributed by atoms with E-state index >= 15 is 0 Å². The molecule has 1 unspecified atom stereocenters. The zero-order chi connectivity index (χ0) is 25.5. The van der Waals surface area contributed by atoms with Crippen molar-refractivity contribution >= 4 is 0 Å². The van der Waals surface area contributed by atoms with Gasteiger partial charge in [-0.05, 0) is 51.3 Å². The van der Waals surface area contributed by atoms with Crippen molar-refractivity contribution in [3.05, 3.63) is 102 Å². The standard InChI is InChI=1S/C35H40N/c1-7-32-30-20-19-28(27-17-15-26(16-18-27)25-13-11-10-12-14-25)23-31(30)33-24-29(34(4,5)6)21-22-36(33)35(32,8-2)9-3/h10-24,32H,7-9H2,1-6H3/q+1. The van der Waals surface area contributed by atoms with E-state index in [1.165, 1.54) is 44.6 Å². The molecule has 0 N–H and O–H groups in total. The van der Waals surface area contributed by atoms with Gasteiger partial charge in [0.2, 0.25) is 5.69 Å². The highest BCUT2D eigenvalue weighted by Gasteiger charge is 2.50. The second kappa shape index (κ2) is 9.36. The van der Waals surface area contributed by atoms with Crippen molar-refractivity contribution in [2.45, 2.75) is 77.7 Å². The Balaban J connectivity index is 1.66. The summed E-state index contributed by atoms with van der Waals surface area (Å²) in [4.78, 5) is 0. The molecule has 1 aliphatic heterocycles. The minimum Gasteiger partial charge on any atom is -0.192 e. The van der Waals surface area contributed by atoms with E-state index in [0.717, 1.165) is 19.3 Å². The van der Waals surface area contributed by atoms with Gasteiger partial charge in [-0.1, -0.05) is 108 Å². The third-order valence-electron chi connectivity index (χ3n) is 8.61.